The van der Waals surface area contributed by atoms with Crippen LogP contribution in [0.5, 0.6) is 0 Å². The van der Waals surface area contributed by atoms with Crippen molar-refractivity contribution >= 4 is 19.6 Å². The summed E-state index contributed by atoms with van der Waals surface area (Å²) in [4.78, 5) is 45.8. The van der Waals surface area contributed by atoms with E-state index in [1.807, 2.05) is 0 Å². The van der Waals surface area contributed by atoms with Gasteiger partial charge in [0.05, 0.1) is 13.0 Å². The van der Waals surface area contributed by atoms with Gasteiger partial charge in [-0.25, -0.2) is 0 Å². The zero-order valence-corrected chi connectivity index (χ0v) is 7.94. The first-order valence-corrected chi connectivity index (χ1v) is 4.79. The van der Waals surface area contributed by atoms with Crippen LogP contribution in [0, 0.1) is 0 Å². The predicted octanol–water partition coefficient (Wildman–Crippen LogP) is -3.45. The Morgan fingerprint density at radius 3 is 1.79 bits per heavy atom. The Balaban J connectivity index is 0. The first-order valence-electron chi connectivity index (χ1n) is 3.33. The van der Waals surface area contributed by atoms with Gasteiger partial charge in [0.15, 0.2) is 0 Å². The molecule has 0 aliphatic carbocycles. The Kier molecular flexibility index (Phi) is 8.51. The maximum Gasteiger partial charge on any atom is 0.303 e. The predicted molar refractivity (Wildman–Crippen MR) is 38.5 cm³/mol. The zero-order valence-electron chi connectivity index (χ0n) is 7.04. The smallest absolute Gasteiger partial charge is 0.303 e. The van der Waals surface area contributed by atoms with Crippen molar-refractivity contribution in [3.63, 3.8) is 0 Å². The van der Waals surface area contributed by atoms with Crippen LogP contribution in [0.1, 0.15) is 12.8 Å². The number of carbonyl (C=O) groups excluding carboxylic acids is 1. The van der Waals surface area contributed by atoms with Crippen molar-refractivity contribution in [3.8, 4) is 0 Å². The molecular weight excluding hydrogens is 217 g/mol. The van der Waals surface area contributed by atoms with E-state index in [0.29, 0.717) is 0 Å². The molecule has 0 unspecified atom stereocenters. The topological polar surface area (TPSA) is 167 Å². The fraction of sp³-hybridized carbons (Fsp3) is 0.600. The fourth-order valence-electron chi connectivity index (χ4n) is 0.348. The third-order valence-corrected chi connectivity index (χ3v) is 0.845. The first kappa shape index (κ1) is 15.7. The van der Waals surface area contributed by atoms with E-state index in [0.717, 1.165) is 0 Å². The summed E-state index contributed by atoms with van der Waals surface area (Å²) in [6.07, 6.45) is -0.0676. The molecule has 0 aliphatic rings. The van der Waals surface area contributed by atoms with Crippen LogP contribution in [0.2, 0.25) is 0 Å². The monoisotopic (exact) mass is 226 g/mol. The molecule has 0 fully saturated rings. The second-order valence-electron chi connectivity index (χ2n) is 2.08. The van der Waals surface area contributed by atoms with Crippen LogP contribution >= 0.6 is 7.82 Å². The lowest BCUT2D eigenvalue weighted by molar-refractivity contribution is -0.432. The second-order valence-corrected chi connectivity index (χ2v) is 2.98. The van der Waals surface area contributed by atoms with Crippen LogP contribution in [0.15, 0.2) is 0 Å². The summed E-state index contributed by atoms with van der Waals surface area (Å²) in [5.74, 6) is -1.17. The van der Waals surface area contributed by atoms with E-state index in [-0.39, 0.29) is 25.2 Å². The Morgan fingerprint density at radius 1 is 1.21 bits per heavy atom. The van der Waals surface area contributed by atoms with Gasteiger partial charge in [-0.15, -0.1) is 0 Å². The van der Waals surface area contributed by atoms with E-state index in [4.69, 9.17) is 30.1 Å². The number of phosphoric acid groups is 1. The van der Waals surface area contributed by atoms with Gasteiger partial charge < -0.3 is 30.1 Å². The highest BCUT2D eigenvalue weighted by molar-refractivity contribution is 7.40. The van der Waals surface area contributed by atoms with Crippen molar-refractivity contribution in [2.75, 3.05) is 6.54 Å². The SMILES string of the molecule is NCC(=O)CCC(=O)O.O=P([O-])([O-])[O-]. The summed E-state index contributed by atoms with van der Waals surface area (Å²) in [7, 11) is -5.39. The third-order valence-electron chi connectivity index (χ3n) is 0.845. The lowest BCUT2D eigenvalue weighted by Crippen LogP contribution is -2.24. The van der Waals surface area contributed by atoms with Crippen LogP contribution in [0.4, 0.5) is 0 Å². The summed E-state index contributed by atoms with van der Waals surface area (Å²) in [5, 5.41) is 8.06. The minimum absolute atomic E-state index is 0.0475. The molecule has 0 aromatic heterocycles. The number of carbonyl (C=O) groups is 2. The quantitative estimate of drug-likeness (QED) is 0.466. The second kappa shape index (κ2) is 7.60. The van der Waals surface area contributed by atoms with E-state index in [2.05, 4.69) is 0 Å². The molecule has 0 atom stereocenters. The Hall–Kier alpha value is -0.790. The molecule has 0 spiro atoms. The van der Waals surface area contributed by atoms with E-state index in [1.54, 1.807) is 0 Å². The number of ketones is 1. The van der Waals surface area contributed by atoms with Crippen molar-refractivity contribution in [1.29, 1.82) is 0 Å². The van der Waals surface area contributed by atoms with Gasteiger partial charge in [0.1, 0.15) is 5.78 Å². The summed E-state index contributed by atoms with van der Waals surface area (Å²) in [5.41, 5.74) is 4.92. The molecule has 0 bridgehead atoms. The minimum Gasteiger partial charge on any atom is -0.822 e. The number of hydrogen-bond donors (Lipinski definition) is 2. The van der Waals surface area contributed by atoms with Crippen molar-refractivity contribution < 1.29 is 33.9 Å². The van der Waals surface area contributed by atoms with Crippen molar-refractivity contribution in [1.82, 2.24) is 0 Å². The van der Waals surface area contributed by atoms with E-state index >= 15 is 0 Å². The Labute approximate surface area is 79.6 Å². The number of aliphatic carboxylic acids is 1. The van der Waals surface area contributed by atoms with Gasteiger partial charge >= 0.3 is 5.97 Å². The van der Waals surface area contributed by atoms with E-state index in [9.17, 15) is 9.59 Å². The van der Waals surface area contributed by atoms with Gasteiger partial charge in [0, 0.05) is 6.42 Å². The zero-order chi connectivity index (χ0) is 11.8. The number of rotatable bonds is 4. The number of carboxylic acids is 1. The lowest BCUT2D eigenvalue weighted by Gasteiger charge is -2.36. The average molecular weight is 226 g/mol. The normalized spacial score (nSPS) is 10.0. The highest BCUT2D eigenvalue weighted by Crippen LogP contribution is 2.03. The molecule has 8 nitrogen and oxygen atoms in total. The molecule has 0 saturated carbocycles. The summed E-state index contributed by atoms with van der Waals surface area (Å²) < 4.78 is 8.55. The minimum atomic E-state index is -5.39. The van der Waals surface area contributed by atoms with Crippen LogP contribution in [0.3, 0.4) is 0 Å². The van der Waals surface area contributed by atoms with Gasteiger partial charge in [0.25, 0.3) is 0 Å². The molecule has 0 amide bonds. The molecule has 0 radical (unpaired) electrons. The van der Waals surface area contributed by atoms with Gasteiger partial charge in [-0.1, -0.05) is 0 Å². The molecule has 9 heteroatoms. The van der Waals surface area contributed by atoms with Gasteiger partial charge in [-0.2, -0.15) is 7.82 Å². The highest BCUT2D eigenvalue weighted by atomic mass is 31.2. The number of hydrogen-bond acceptors (Lipinski definition) is 7. The molecule has 0 aliphatic heterocycles. The van der Waals surface area contributed by atoms with Crippen molar-refractivity contribution in [2.45, 2.75) is 12.8 Å². The molecule has 0 rings (SSSR count). The third kappa shape index (κ3) is 30.3. The molecule has 0 saturated heterocycles. The fourth-order valence-corrected chi connectivity index (χ4v) is 0.348. The van der Waals surface area contributed by atoms with Gasteiger partial charge in [-0.05, 0) is 0 Å². The molecular formula is C5H9NO7P-3. The molecule has 0 aromatic carbocycles. The van der Waals surface area contributed by atoms with E-state index < -0.39 is 13.8 Å². The molecule has 84 valence electrons. The maximum atomic E-state index is 10.3. The number of carboxylic acid groups (broad SMARTS) is 1. The maximum absolute atomic E-state index is 10.3. The largest absolute Gasteiger partial charge is 0.822 e. The Morgan fingerprint density at radius 2 is 1.57 bits per heavy atom. The highest BCUT2D eigenvalue weighted by Gasteiger charge is 2.01. The first-order chi connectivity index (χ1) is 6.16. The Bertz CT molecular complexity index is 226. The number of nitrogens with two attached hydrogens (primary N) is 1. The van der Waals surface area contributed by atoms with Crippen LogP contribution in [-0.2, 0) is 14.2 Å². The van der Waals surface area contributed by atoms with Gasteiger partial charge in [-0.3, -0.25) is 9.59 Å². The van der Waals surface area contributed by atoms with Crippen LogP contribution < -0.4 is 20.4 Å². The van der Waals surface area contributed by atoms with Crippen molar-refractivity contribution in [3.05, 3.63) is 0 Å². The van der Waals surface area contributed by atoms with Crippen LogP contribution in [-0.4, -0.2) is 23.4 Å². The molecule has 0 heterocycles. The summed E-state index contributed by atoms with van der Waals surface area (Å²) in [6.45, 7) is -0.0622. The van der Waals surface area contributed by atoms with Crippen molar-refractivity contribution in [2.24, 2.45) is 5.73 Å². The molecule has 0 aromatic rings. The molecule has 3 N–H and O–H groups in total. The average Bonchev–Trinajstić information content (AvgIpc) is 1.96. The van der Waals surface area contributed by atoms with Crippen LogP contribution in [0.25, 0.3) is 0 Å². The summed E-state index contributed by atoms with van der Waals surface area (Å²) in [6, 6.07) is 0. The standard InChI is InChI=1S/C5H9NO3.H3O4P/c6-3-4(7)1-2-5(8)9;1-5(2,3)4/h1-3,6H2,(H,8,9);(H3,1,2,3,4)/p-3. The number of Topliss-reactive ketones (excluding diaryl/α,β-unsaturated/α-hetero) is 1. The van der Waals surface area contributed by atoms with E-state index in [1.165, 1.54) is 0 Å². The summed E-state index contributed by atoms with van der Waals surface area (Å²) >= 11 is 0. The lowest BCUT2D eigenvalue weighted by atomic mass is 10.2. The molecule has 14 heavy (non-hydrogen) atoms. The van der Waals surface area contributed by atoms with Gasteiger partial charge in [0.2, 0.25) is 0 Å².